The first-order chi connectivity index (χ1) is 20.5. The maximum atomic E-state index is 14.1. The maximum absolute atomic E-state index is 14.1. The number of H-pyrrole nitrogens is 1. The highest BCUT2D eigenvalue weighted by Crippen LogP contribution is 2.44. The number of β-lactam (4-membered cyclic amide) rings is 1. The van der Waals surface area contributed by atoms with Crippen molar-refractivity contribution in [2.24, 2.45) is 0 Å². The van der Waals surface area contributed by atoms with Crippen LogP contribution in [0.3, 0.4) is 0 Å². The van der Waals surface area contributed by atoms with Crippen molar-refractivity contribution in [3.05, 3.63) is 105 Å². The first-order valence-corrected chi connectivity index (χ1v) is 16.0. The zero-order chi connectivity index (χ0) is 29.1. The molecule has 13 heteroatoms. The number of fused-ring (bicyclic) bond motifs is 1. The van der Waals surface area contributed by atoms with Crippen molar-refractivity contribution in [2.75, 3.05) is 5.75 Å². The van der Waals surface area contributed by atoms with Crippen LogP contribution in [0.1, 0.15) is 29.0 Å². The highest BCUT2D eigenvalue weighted by Gasteiger charge is 2.55. The topological polar surface area (TPSA) is 130 Å². The van der Waals surface area contributed by atoms with Crippen molar-refractivity contribution in [3.8, 4) is 0 Å². The van der Waals surface area contributed by atoms with Gasteiger partial charge in [0.1, 0.15) is 17.1 Å². The molecule has 2 amide bonds. The Kier molecular flexibility index (Phi) is 8.40. The van der Waals surface area contributed by atoms with Crippen molar-refractivity contribution < 1.29 is 19.1 Å². The molecule has 0 spiro atoms. The van der Waals surface area contributed by atoms with Crippen LogP contribution >= 0.6 is 34.9 Å². The normalized spacial score (nSPS) is 18.8. The number of esters is 1. The van der Waals surface area contributed by atoms with E-state index >= 15 is 0 Å². The molecule has 0 saturated carbocycles. The van der Waals surface area contributed by atoms with E-state index < -0.39 is 23.5 Å². The number of benzene rings is 2. The number of nitrogens with zero attached hydrogens (tertiary/aromatic N) is 4. The van der Waals surface area contributed by atoms with Gasteiger partial charge in [0.2, 0.25) is 11.1 Å². The van der Waals surface area contributed by atoms with Crippen LogP contribution < -0.4 is 5.32 Å². The van der Waals surface area contributed by atoms with Crippen molar-refractivity contribution >= 4 is 52.6 Å². The predicted octanol–water partition coefficient (Wildman–Crippen LogP) is 3.97. The molecule has 2 aromatic carbocycles. The van der Waals surface area contributed by atoms with E-state index in [1.807, 2.05) is 85.1 Å². The van der Waals surface area contributed by atoms with Gasteiger partial charge in [-0.25, -0.2) is 4.79 Å². The highest BCUT2D eigenvalue weighted by atomic mass is 32.2. The molecule has 0 aliphatic carbocycles. The lowest BCUT2D eigenvalue weighted by Crippen LogP contribution is -2.71. The van der Waals surface area contributed by atoms with Crippen LogP contribution in [-0.2, 0) is 25.5 Å². The lowest BCUT2D eigenvalue weighted by Gasteiger charge is -2.50. The van der Waals surface area contributed by atoms with Crippen molar-refractivity contribution in [3.63, 3.8) is 0 Å². The molecule has 1 fully saturated rings. The lowest BCUT2D eigenvalue weighted by atomic mass is 10.00. The van der Waals surface area contributed by atoms with Gasteiger partial charge >= 0.3 is 5.97 Å². The second-order valence-corrected chi connectivity index (χ2v) is 13.1. The van der Waals surface area contributed by atoms with E-state index in [0.717, 1.165) is 21.6 Å². The maximum Gasteiger partial charge on any atom is 0.356 e. The average Bonchev–Trinajstić information content (AvgIpc) is 3.73. The second kappa shape index (κ2) is 12.5. The zero-order valence-corrected chi connectivity index (χ0v) is 24.8. The summed E-state index contributed by atoms with van der Waals surface area (Å²) >= 11 is 4.33. The molecule has 1 saturated heterocycles. The Morgan fingerprint density at radius 2 is 1.81 bits per heavy atom. The molecule has 10 nitrogen and oxygen atoms in total. The van der Waals surface area contributed by atoms with Crippen molar-refractivity contribution in [1.82, 2.24) is 30.8 Å². The third-order valence-corrected chi connectivity index (χ3v) is 10.2. The van der Waals surface area contributed by atoms with E-state index in [2.05, 4.69) is 25.9 Å². The van der Waals surface area contributed by atoms with E-state index in [1.165, 1.54) is 39.8 Å². The number of ether oxygens (including phenoxy) is 1. The van der Waals surface area contributed by atoms with Gasteiger partial charge in [0.25, 0.3) is 5.91 Å². The molecule has 214 valence electrons. The molecule has 6 rings (SSSR count). The first kappa shape index (κ1) is 28.2. The summed E-state index contributed by atoms with van der Waals surface area (Å²) in [4.78, 5) is 42.8. The number of tetrazole rings is 1. The largest absolute Gasteiger partial charge is 0.448 e. The Bertz CT molecular complexity index is 1540. The van der Waals surface area contributed by atoms with Crippen molar-refractivity contribution in [1.29, 1.82) is 0 Å². The van der Waals surface area contributed by atoms with E-state index in [0.29, 0.717) is 10.9 Å². The van der Waals surface area contributed by atoms with E-state index in [1.54, 1.807) is 0 Å². The van der Waals surface area contributed by atoms with Gasteiger partial charge in [-0.1, -0.05) is 78.5 Å². The summed E-state index contributed by atoms with van der Waals surface area (Å²) in [5.41, 5.74) is 2.55. The summed E-state index contributed by atoms with van der Waals surface area (Å²) in [5.74, 6) is -0.720. The van der Waals surface area contributed by atoms with Gasteiger partial charge in [0.05, 0.1) is 6.42 Å². The smallest absolute Gasteiger partial charge is 0.356 e. The summed E-state index contributed by atoms with van der Waals surface area (Å²) in [6.07, 6.45) is -0.484. The number of hydrogen-bond acceptors (Lipinski definition) is 10. The van der Waals surface area contributed by atoms with Crippen LogP contribution in [0, 0.1) is 0 Å². The number of hydrogen-bond donors (Lipinski definition) is 2. The Hall–Kier alpha value is -3.94. The fraction of sp³-hybridized carbons (Fsp3) is 0.241. The van der Waals surface area contributed by atoms with E-state index in [-0.39, 0.29) is 29.2 Å². The van der Waals surface area contributed by atoms with Crippen LogP contribution in [0.5, 0.6) is 0 Å². The monoisotopic (exact) mass is 618 g/mol. The number of nitrogens with one attached hydrogen (secondary N) is 2. The predicted molar refractivity (Wildman–Crippen MR) is 160 cm³/mol. The van der Waals surface area contributed by atoms with Crippen LogP contribution in [0.25, 0.3) is 0 Å². The molecule has 2 N–H and O–H groups in total. The molecule has 0 bridgehead atoms. The van der Waals surface area contributed by atoms with E-state index in [4.69, 9.17) is 4.74 Å². The van der Waals surface area contributed by atoms with Crippen LogP contribution in [0.4, 0.5) is 0 Å². The summed E-state index contributed by atoms with van der Waals surface area (Å²) in [7, 11) is 0. The molecule has 4 heterocycles. The lowest BCUT2D eigenvalue weighted by molar-refractivity contribution is -0.154. The minimum Gasteiger partial charge on any atom is -0.448 e. The second-order valence-electron chi connectivity index (χ2n) is 9.65. The van der Waals surface area contributed by atoms with Gasteiger partial charge in [0, 0.05) is 15.9 Å². The first-order valence-electron chi connectivity index (χ1n) is 13.2. The summed E-state index contributed by atoms with van der Waals surface area (Å²) in [5, 5.41) is 18.7. The quantitative estimate of drug-likeness (QED) is 0.154. The third-order valence-electron chi connectivity index (χ3n) is 6.95. The Morgan fingerprint density at radius 1 is 1.10 bits per heavy atom. The SMILES string of the molecule is CC(Sc1nn[nH]n1)C1=C(C(=O)OC(c2ccccc2)c2ccccc2)N2C(=O)[C@@H](NC(=O)Cc3cccs3)[C@@H]2SC1. The fourth-order valence-electron chi connectivity index (χ4n) is 4.92. The van der Waals surface area contributed by atoms with E-state index in [9.17, 15) is 14.4 Å². The minimum atomic E-state index is -0.731. The molecule has 2 aliphatic rings. The van der Waals surface area contributed by atoms with Gasteiger partial charge in [-0.3, -0.25) is 14.5 Å². The molecular formula is C29H26N6O4S3. The molecular weight excluding hydrogens is 593 g/mol. The van der Waals surface area contributed by atoms with Gasteiger partial charge in [0.15, 0.2) is 6.10 Å². The van der Waals surface area contributed by atoms with Gasteiger partial charge in [-0.15, -0.1) is 33.3 Å². The number of rotatable bonds is 10. The Balaban J connectivity index is 1.29. The molecule has 2 aliphatic heterocycles. The molecule has 3 atom stereocenters. The summed E-state index contributed by atoms with van der Waals surface area (Å²) in [6.45, 7) is 1.93. The van der Waals surface area contributed by atoms with Crippen LogP contribution in [0.15, 0.2) is 94.6 Å². The van der Waals surface area contributed by atoms with Gasteiger partial charge in [-0.2, -0.15) is 5.21 Å². The standard InChI is InChI=1S/C29H26N6O4S3/c1-17(42-29-31-33-34-32-29)21-16-41-27-23(30-22(36)15-20-13-8-14-40-20)26(37)35(27)24(21)28(38)39-25(18-9-4-2-5-10-18)19-11-6-3-7-12-19/h2-14,17,23,25,27H,15-16H2,1H3,(H,30,36)(H,31,32,33,34)/t17?,23-,27+/m1/s1. The minimum absolute atomic E-state index is 0.197. The van der Waals surface area contributed by atoms with Crippen LogP contribution in [-0.4, -0.2) is 65.7 Å². The highest BCUT2D eigenvalue weighted by molar-refractivity contribution is 8.01. The number of carbonyl (C=O) groups excluding carboxylic acids is 3. The number of aromatic amines is 1. The Morgan fingerprint density at radius 3 is 2.43 bits per heavy atom. The fourth-order valence-corrected chi connectivity index (χ4v) is 8.03. The molecule has 42 heavy (non-hydrogen) atoms. The number of aromatic nitrogens is 4. The number of thioether (sulfide) groups is 2. The molecule has 1 unspecified atom stereocenters. The third kappa shape index (κ3) is 5.85. The average molecular weight is 619 g/mol. The number of amides is 2. The Labute approximate surface area is 254 Å². The van der Waals surface area contributed by atoms with Gasteiger partial charge < -0.3 is 10.1 Å². The zero-order valence-electron chi connectivity index (χ0n) is 22.4. The summed E-state index contributed by atoms with van der Waals surface area (Å²) in [6, 6.07) is 22.0. The molecule has 2 aromatic heterocycles. The van der Waals surface area contributed by atoms with Crippen LogP contribution in [0.2, 0.25) is 0 Å². The molecule has 0 radical (unpaired) electrons. The summed E-state index contributed by atoms with van der Waals surface area (Å²) < 4.78 is 6.22. The molecule has 4 aromatic rings. The van der Waals surface area contributed by atoms with Crippen molar-refractivity contribution in [2.45, 2.75) is 41.3 Å². The number of thiophene rings is 1. The number of carbonyl (C=O) groups is 3. The van der Waals surface area contributed by atoms with Gasteiger partial charge in [-0.05, 0) is 40.3 Å².